The lowest BCUT2D eigenvalue weighted by atomic mass is 10.6. The molecule has 0 radical (unpaired) electrons. The number of nitrogens with zero attached hydrogens (tertiary/aromatic N) is 3. The van der Waals surface area contributed by atoms with Crippen molar-refractivity contribution < 1.29 is 4.92 Å². The van der Waals surface area contributed by atoms with Crippen LogP contribution in [-0.2, 0) is 0 Å². The number of aryl methyl sites for hydroxylation is 1. The second-order valence-corrected chi connectivity index (χ2v) is 3.12. The first kappa shape index (κ1) is 11.3. The zero-order chi connectivity index (χ0) is 11.4. The van der Waals surface area contributed by atoms with Crippen molar-refractivity contribution in [3.63, 3.8) is 0 Å². The smallest absolute Gasteiger partial charge is 0.349 e. The molecule has 0 fully saturated rings. The predicted octanol–water partition coefficient (Wildman–Crippen LogP) is 1.01. The molecule has 0 saturated carbocycles. The van der Waals surface area contributed by atoms with Crippen LogP contribution < -0.4 is 5.32 Å². The summed E-state index contributed by atoms with van der Waals surface area (Å²) in [5.41, 5.74) is 0. The summed E-state index contributed by atoms with van der Waals surface area (Å²) in [7, 11) is 0. The average Bonchev–Trinajstić information content (AvgIpc) is 2.56. The van der Waals surface area contributed by atoms with E-state index in [-0.39, 0.29) is 10.9 Å². The minimum atomic E-state index is -0.526. The van der Waals surface area contributed by atoms with Crippen molar-refractivity contribution in [2.75, 3.05) is 6.54 Å². The Morgan fingerprint density at radius 2 is 2.60 bits per heavy atom. The zero-order valence-electron chi connectivity index (χ0n) is 8.14. The summed E-state index contributed by atoms with van der Waals surface area (Å²) < 4.78 is 1.28. The Kier molecular flexibility index (Phi) is 3.51. The van der Waals surface area contributed by atoms with Crippen LogP contribution in [0.5, 0.6) is 0 Å². The maximum atomic E-state index is 10.7. The van der Waals surface area contributed by atoms with Gasteiger partial charge in [0, 0.05) is 13.5 Å². The molecule has 80 valence electrons. The van der Waals surface area contributed by atoms with Crippen molar-refractivity contribution in [1.29, 1.82) is 0 Å². The standard InChI is InChI=1S/C8H10N4O2S/c1-3-4-9-8(15)11-6(2)10-5-7(11)12(13)14/h3,5H,1,4H2,2H3,(H,9,15). The monoisotopic (exact) mass is 226 g/mol. The molecule has 15 heavy (non-hydrogen) atoms. The Hall–Kier alpha value is -1.76. The van der Waals surface area contributed by atoms with Gasteiger partial charge in [0.2, 0.25) is 5.82 Å². The zero-order valence-corrected chi connectivity index (χ0v) is 8.95. The Morgan fingerprint density at radius 3 is 3.13 bits per heavy atom. The van der Waals surface area contributed by atoms with Crippen LogP contribution in [0.4, 0.5) is 5.82 Å². The van der Waals surface area contributed by atoms with Crippen LogP contribution in [0.25, 0.3) is 0 Å². The van der Waals surface area contributed by atoms with E-state index in [1.54, 1.807) is 13.0 Å². The molecule has 1 aromatic heterocycles. The first-order valence-corrected chi connectivity index (χ1v) is 4.56. The molecule has 1 N–H and O–H groups in total. The summed E-state index contributed by atoms with van der Waals surface area (Å²) in [6.07, 6.45) is 2.79. The number of imidazole rings is 1. The summed E-state index contributed by atoms with van der Waals surface area (Å²) in [5.74, 6) is 0.331. The van der Waals surface area contributed by atoms with Gasteiger partial charge in [-0.15, -0.1) is 6.58 Å². The van der Waals surface area contributed by atoms with E-state index in [2.05, 4.69) is 16.9 Å². The normalized spacial score (nSPS) is 9.67. The third kappa shape index (κ3) is 2.38. The summed E-state index contributed by atoms with van der Waals surface area (Å²) in [6.45, 7) is 5.61. The fourth-order valence-electron chi connectivity index (χ4n) is 1.05. The number of aromatic nitrogens is 2. The van der Waals surface area contributed by atoms with Crippen LogP contribution in [-0.4, -0.2) is 26.1 Å². The molecule has 0 aliphatic carbocycles. The van der Waals surface area contributed by atoms with E-state index < -0.39 is 4.92 Å². The molecule has 0 spiro atoms. The molecule has 1 aromatic rings. The highest BCUT2D eigenvalue weighted by Crippen LogP contribution is 2.12. The van der Waals surface area contributed by atoms with Crippen LogP contribution in [0.1, 0.15) is 5.82 Å². The number of nitro groups is 1. The molecule has 0 saturated heterocycles. The van der Waals surface area contributed by atoms with E-state index in [1.807, 2.05) is 0 Å². The Labute approximate surface area is 91.8 Å². The van der Waals surface area contributed by atoms with E-state index in [4.69, 9.17) is 12.2 Å². The highest BCUT2D eigenvalue weighted by molar-refractivity contribution is 7.80. The maximum absolute atomic E-state index is 10.7. The van der Waals surface area contributed by atoms with Crippen LogP contribution in [0.3, 0.4) is 0 Å². The van der Waals surface area contributed by atoms with Crippen molar-refractivity contribution in [3.8, 4) is 0 Å². The number of hydrogen-bond donors (Lipinski definition) is 1. The van der Waals surface area contributed by atoms with E-state index >= 15 is 0 Å². The lowest BCUT2D eigenvalue weighted by molar-refractivity contribution is -0.390. The molecule has 0 amide bonds. The van der Waals surface area contributed by atoms with Crippen LogP contribution in [0, 0.1) is 17.0 Å². The van der Waals surface area contributed by atoms with E-state index in [0.29, 0.717) is 12.4 Å². The Bertz CT molecular complexity index is 413. The molecule has 0 aliphatic rings. The van der Waals surface area contributed by atoms with Crippen LogP contribution >= 0.6 is 12.2 Å². The highest BCUT2D eigenvalue weighted by Gasteiger charge is 2.20. The van der Waals surface area contributed by atoms with Gasteiger partial charge in [-0.3, -0.25) is 0 Å². The third-order valence-corrected chi connectivity index (χ3v) is 2.03. The summed E-state index contributed by atoms with van der Waals surface area (Å²) >= 11 is 4.99. The molecule has 0 aromatic carbocycles. The summed E-state index contributed by atoms with van der Waals surface area (Å²) in [4.78, 5) is 14.0. The lowest BCUT2D eigenvalue weighted by Gasteiger charge is -2.04. The average molecular weight is 226 g/mol. The first-order valence-electron chi connectivity index (χ1n) is 4.15. The number of nitrogens with one attached hydrogen (secondary N) is 1. The van der Waals surface area contributed by atoms with Gasteiger partial charge in [-0.25, -0.2) is 4.98 Å². The third-order valence-electron chi connectivity index (χ3n) is 1.71. The van der Waals surface area contributed by atoms with Gasteiger partial charge in [-0.2, -0.15) is 4.57 Å². The second kappa shape index (κ2) is 4.65. The molecule has 0 aliphatic heterocycles. The fourth-order valence-corrected chi connectivity index (χ4v) is 1.36. The minimum Gasteiger partial charge on any atom is -0.358 e. The van der Waals surface area contributed by atoms with Crippen LogP contribution in [0.2, 0.25) is 0 Å². The number of hydrogen-bond acceptors (Lipinski definition) is 4. The van der Waals surface area contributed by atoms with Gasteiger partial charge in [-0.1, -0.05) is 6.08 Å². The van der Waals surface area contributed by atoms with Crippen molar-refractivity contribution in [2.45, 2.75) is 6.92 Å². The molecule has 0 bridgehead atoms. The van der Waals surface area contributed by atoms with Gasteiger partial charge in [0.25, 0.3) is 5.11 Å². The first-order chi connectivity index (χ1) is 7.07. The lowest BCUT2D eigenvalue weighted by Crippen LogP contribution is -2.29. The van der Waals surface area contributed by atoms with Crippen molar-refractivity contribution in [3.05, 3.63) is 34.8 Å². The number of thiocarbonyl (C=S) groups is 1. The molecular formula is C8H10N4O2S. The Balaban J connectivity index is 3.00. The van der Waals surface area contributed by atoms with Crippen molar-refractivity contribution in [1.82, 2.24) is 14.9 Å². The molecule has 7 heteroatoms. The largest absolute Gasteiger partial charge is 0.358 e. The van der Waals surface area contributed by atoms with Gasteiger partial charge in [0.1, 0.15) is 6.20 Å². The van der Waals surface area contributed by atoms with Crippen LogP contribution in [0.15, 0.2) is 18.9 Å². The second-order valence-electron chi connectivity index (χ2n) is 2.73. The van der Waals surface area contributed by atoms with E-state index in [0.717, 1.165) is 0 Å². The SMILES string of the molecule is C=CCNC(=S)n1c([N+](=O)[O-])cnc1C. The van der Waals surface area contributed by atoms with Gasteiger partial charge in [0.05, 0.1) is 0 Å². The van der Waals surface area contributed by atoms with Crippen molar-refractivity contribution in [2.24, 2.45) is 0 Å². The molecule has 1 rings (SSSR count). The summed E-state index contributed by atoms with van der Waals surface area (Å²) in [6, 6.07) is 0. The van der Waals surface area contributed by atoms with Gasteiger partial charge in [0.15, 0.2) is 0 Å². The molecule has 6 nitrogen and oxygen atoms in total. The molecular weight excluding hydrogens is 216 g/mol. The van der Waals surface area contributed by atoms with Crippen molar-refractivity contribution >= 4 is 23.1 Å². The summed E-state index contributed by atoms with van der Waals surface area (Å²) in [5, 5.41) is 13.7. The molecule has 0 unspecified atom stereocenters. The quantitative estimate of drug-likeness (QED) is 0.360. The predicted molar refractivity (Wildman–Crippen MR) is 59.8 cm³/mol. The topological polar surface area (TPSA) is 73.0 Å². The molecule has 0 atom stereocenters. The van der Waals surface area contributed by atoms with E-state index in [9.17, 15) is 10.1 Å². The number of rotatable bonds is 3. The van der Waals surface area contributed by atoms with Gasteiger partial charge >= 0.3 is 5.82 Å². The Morgan fingerprint density at radius 1 is 1.93 bits per heavy atom. The minimum absolute atomic E-state index is 0.144. The fraction of sp³-hybridized carbons (Fsp3) is 0.250. The highest BCUT2D eigenvalue weighted by atomic mass is 32.1. The maximum Gasteiger partial charge on any atom is 0.349 e. The van der Waals surface area contributed by atoms with E-state index in [1.165, 1.54) is 10.8 Å². The molecule has 1 heterocycles. The van der Waals surface area contributed by atoms with Gasteiger partial charge in [-0.05, 0) is 17.1 Å². The van der Waals surface area contributed by atoms with Gasteiger partial charge < -0.3 is 15.4 Å².